The summed E-state index contributed by atoms with van der Waals surface area (Å²) in [6.07, 6.45) is -0.327. The third-order valence-electron chi connectivity index (χ3n) is 2.50. The van der Waals surface area contributed by atoms with Crippen LogP contribution in [0.25, 0.3) is 0 Å². The summed E-state index contributed by atoms with van der Waals surface area (Å²) < 4.78 is 5.35. The number of nitrogens with zero attached hydrogens (tertiary/aromatic N) is 1. The number of anilines is 1. The minimum Gasteiger partial charge on any atom is -0.444 e. The van der Waals surface area contributed by atoms with Crippen LogP contribution in [0.1, 0.15) is 33.3 Å². The summed E-state index contributed by atoms with van der Waals surface area (Å²) in [6, 6.07) is 5.80. The zero-order valence-corrected chi connectivity index (χ0v) is 13.7. The molecule has 0 atom stereocenters. The second kappa shape index (κ2) is 6.88. The maximum atomic E-state index is 12.0. The molecule has 2 N–H and O–H groups in total. The summed E-state index contributed by atoms with van der Waals surface area (Å²) in [5.41, 5.74) is 7.10. The Morgan fingerprint density at radius 2 is 2.05 bits per heavy atom. The van der Waals surface area contributed by atoms with Crippen LogP contribution in [0.3, 0.4) is 0 Å². The molecule has 0 aromatic heterocycles. The number of amides is 1. The summed E-state index contributed by atoms with van der Waals surface area (Å²) in [5.74, 6) is 0.979. The minimum atomic E-state index is -0.484. The first-order valence-corrected chi connectivity index (χ1v) is 7.67. The highest BCUT2D eigenvalue weighted by Crippen LogP contribution is 2.26. The second-order valence-corrected chi connectivity index (χ2v) is 6.94. The van der Waals surface area contributed by atoms with Crippen LogP contribution in [0, 0.1) is 0 Å². The van der Waals surface area contributed by atoms with Gasteiger partial charge in [0, 0.05) is 24.2 Å². The standard InChI is InChI=1S/C15H24N2O2S/c1-6-20-13-8-7-12(16)9-11(13)10-17(5)14(18)19-15(2,3)4/h7-9H,6,10,16H2,1-5H3. The number of hydrogen-bond acceptors (Lipinski definition) is 4. The Morgan fingerprint density at radius 3 is 2.60 bits per heavy atom. The SMILES string of the molecule is CCSc1ccc(N)cc1CN(C)C(=O)OC(C)(C)C. The van der Waals surface area contributed by atoms with Crippen LogP contribution < -0.4 is 5.73 Å². The summed E-state index contributed by atoms with van der Waals surface area (Å²) in [4.78, 5) is 14.7. The molecule has 0 heterocycles. The fourth-order valence-electron chi connectivity index (χ4n) is 1.68. The van der Waals surface area contributed by atoms with E-state index in [0.717, 1.165) is 16.2 Å². The highest BCUT2D eigenvalue weighted by molar-refractivity contribution is 7.99. The number of hydrogen-bond donors (Lipinski definition) is 1. The van der Waals surface area contributed by atoms with Gasteiger partial charge in [0.2, 0.25) is 0 Å². The van der Waals surface area contributed by atoms with E-state index < -0.39 is 5.60 Å². The van der Waals surface area contributed by atoms with E-state index in [1.165, 1.54) is 0 Å². The minimum absolute atomic E-state index is 0.327. The molecular formula is C15H24N2O2S. The third kappa shape index (κ3) is 5.33. The van der Waals surface area contributed by atoms with Gasteiger partial charge in [0.05, 0.1) is 0 Å². The van der Waals surface area contributed by atoms with E-state index >= 15 is 0 Å². The van der Waals surface area contributed by atoms with Gasteiger partial charge in [-0.25, -0.2) is 4.79 Å². The molecule has 0 aliphatic heterocycles. The average molecular weight is 296 g/mol. The topological polar surface area (TPSA) is 55.6 Å². The first kappa shape index (κ1) is 16.7. The fraction of sp³-hybridized carbons (Fsp3) is 0.533. The molecular weight excluding hydrogens is 272 g/mol. The van der Waals surface area contributed by atoms with Crippen molar-refractivity contribution >= 4 is 23.5 Å². The molecule has 0 fully saturated rings. The molecule has 0 aliphatic carbocycles. The van der Waals surface area contributed by atoms with Crippen LogP contribution in [0.4, 0.5) is 10.5 Å². The van der Waals surface area contributed by atoms with Gasteiger partial charge >= 0.3 is 6.09 Å². The molecule has 0 aliphatic rings. The smallest absolute Gasteiger partial charge is 0.410 e. The van der Waals surface area contributed by atoms with Crippen LogP contribution in [0.15, 0.2) is 23.1 Å². The van der Waals surface area contributed by atoms with Crippen LogP contribution in [-0.4, -0.2) is 29.4 Å². The van der Waals surface area contributed by atoms with Crippen LogP contribution >= 0.6 is 11.8 Å². The van der Waals surface area contributed by atoms with E-state index in [1.807, 2.05) is 39.0 Å². The highest BCUT2D eigenvalue weighted by atomic mass is 32.2. The van der Waals surface area contributed by atoms with Gasteiger partial charge < -0.3 is 15.4 Å². The zero-order valence-electron chi connectivity index (χ0n) is 12.9. The molecule has 0 saturated heterocycles. The summed E-state index contributed by atoms with van der Waals surface area (Å²) >= 11 is 1.74. The Hall–Kier alpha value is -1.36. The van der Waals surface area contributed by atoms with Crippen LogP contribution in [0.5, 0.6) is 0 Å². The Balaban J connectivity index is 2.81. The van der Waals surface area contributed by atoms with Crippen molar-refractivity contribution in [2.45, 2.75) is 44.7 Å². The molecule has 0 unspecified atom stereocenters. The van der Waals surface area contributed by atoms with E-state index in [2.05, 4.69) is 6.92 Å². The Kier molecular flexibility index (Phi) is 5.74. The van der Waals surface area contributed by atoms with E-state index in [1.54, 1.807) is 23.7 Å². The van der Waals surface area contributed by atoms with Gasteiger partial charge in [0.1, 0.15) is 5.60 Å². The van der Waals surface area contributed by atoms with Crippen molar-refractivity contribution in [3.05, 3.63) is 23.8 Å². The number of carbonyl (C=O) groups is 1. The lowest BCUT2D eigenvalue weighted by atomic mass is 10.2. The van der Waals surface area contributed by atoms with Crippen molar-refractivity contribution in [1.29, 1.82) is 0 Å². The van der Waals surface area contributed by atoms with Gasteiger partial charge in [-0.05, 0) is 50.3 Å². The molecule has 1 rings (SSSR count). The van der Waals surface area contributed by atoms with Crippen molar-refractivity contribution in [3.8, 4) is 0 Å². The monoisotopic (exact) mass is 296 g/mol. The van der Waals surface area contributed by atoms with Crippen molar-refractivity contribution in [2.24, 2.45) is 0 Å². The Bertz CT molecular complexity index is 469. The van der Waals surface area contributed by atoms with E-state index in [9.17, 15) is 4.79 Å². The van der Waals surface area contributed by atoms with Crippen LogP contribution in [0.2, 0.25) is 0 Å². The number of nitrogen functional groups attached to an aromatic ring is 1. The van der Waals surface area contributed by atoms with Crippen molar-refractivity contribution in [1.82, 2.24) is 4.90 Å². The van der Waals surface area contributed by atoms with Gasteiger partial charge in [0.15, 0.2) is 0 Å². The maximum absolute atomic E-state index is 12.0. The summed E-state index contributed by atoms with van der Waals surface area (Å²) in [7, 11) is 1.73. The normalized spacial score (nSPS) is 11.2. The highest BCUT2D eigenvalue weighted by Gasteiger charge is 2.20. The van der Waals surface area contributed by atoms with Gasteiger partial charge in [0.25, 0.3) is 0 Å². The number of rotatable bonds is 4. The van der Waals surface area contributed by atoms with Crippen molar-refractivity contribution in [2.75, 3.05) is 18.5 Å². The van der Waals surface area contributed by atoms with E-state index in [4.69, 9.17) is 10.5 Å². The molecule has 1 amide bonds. The lowest BCUT2D eigenvalue weighted by Crippen LogP contribution is -2.33. The molecule has 0 saturated carbocycles. The molecule has 0 radical (unpaired) electrons. The van der Waals surface area contributed by atoms with Gasteiger partial charge in [-0.15, -0.1) is 11.8 Å². The molecule has 1 aromatic rings. The number of ether oxygens (including phenoxy) is 1. The molecule has 4 nitrogen and oxygen atoms in total. The Labute approximate surface area is 125 Å². The number of carbonyl (C=O) groups excluding carboxylic acids is 1. The van der Waals surface area contributed by atoms with Crippen molar-refractivity contribution < 1.29 is 9.53 Å². The molecule has 112 valence electrons. The first-order valence-electron chi connectivity index (χ1n) is 6.68. The summed E-state index contributed by atoms with van der Waals surface area (Å²) in [5, 5.41) is 0. The first-order chi connectivity index (χ1) is 9.23. The van der Waals surface area contributed by atoms with E-state index in [0.29, 0.717) is 12.2 Å². The largest absolute Gasteiger partial charge is 0.444 e. The fourth-order valence-corrected chi connectivity index (χ4v) is 2.46. The molecule has 0 bridgehead atoms. The predicted octanol–water partition coefficient (Wildman–Crippen LogP) is 3.75. The third-order valence-corrected chi connectivity index (χ3v) is 3.50. The van der Waals surface area contributed by atoms with Gasteiger partial charge in [-0.2, -0.15) is 0 Å². The molecule has 5 heteroatoms. The van der Waals surface area contributed by atoms with Gasteiger partial charge in [-0.3, -0.25) is 0 Å². The zero-order chi connectivity index (χ0) is 15.3. The lowest BCUT2D eigenvalue weighted by molar-refractivity contribution is 0.0284. The predicted molar refractivity (Wildman–Crippen MR) is 85.0 cm³/mol. The maximum Gasteiger partial charge on any atom is 0.410 e. The number of thioether (sulfide) groups is 1. The Morgan fingerprint density at radius 1 is 1.40 bits per heavy atom. The lowest BCUT2D eigenvalue weighted by Gasteiger charge is -2.25. The van der Waals surface area contributed by atoms with Crippen LogP contribution in [-0.2, 0) is 11.3 Å². The quantitative estimate of drug-likeness (QED) is 0.679. The molecule has 0 spiro atoms. The number of benzene rings is 1. The second-order valence-electron chi connectivity index (χ2n) is 5.64. The summed E-state index contributed by atoms with van der Waals surface area (Å²) in [6.45, 7) is 8.16. The van der Waals surface area contributed by atoms with Gasteiger partial charge in [-0.1, -0.05) is 6.92 Å². The molecule has 1 aromatic carbocycles. The molecule has 20 heavy (non-hydrogen) atoms. The van der Waals surface area contributed by atoms with E-state index in [-0.39, 0.29) is 6.09 Å². The number of nitrogens with two attached hydrogens (primary N) is 1. The average Bonchev–Trinajstić information content (AvgIpc) is 2.30. The van der Waals surface area contributed by atoms with Crippen molar-refractivity contribution in [3.63, 3.8) is 0 Å².